The molecule has 5 aromatic rings. The Labute approximate surface area is 215 Å². The van der Waals surface area contributed by atoms with Crippen LogP contribution in [0.5, 0.6) is 0 Å². The van der Waals surface area contributed by atoms with Crippen LogP contribution in [-0.4, -0.2) is 47.2 Å². The first kappa shape index (κ1) is 23.1. The number of aromatic amines is 1. The molecule has 7 heteroatoms. The van der Waals surface area contributed by atoms with Crippen molar-refractivity contribution in [3.8, 4) is 5.69 Å². The molecule has 0 saturated carbocycles. The molecule has 1 N–H and O–H groups in total. The molecule has 1 fully saturated rings. The van der Waals surface area contributed by atoms with Gasteiger partial charge in [0.2, 0.25) is 0 Å². The number of furan rings is 1. The molecule has 3 aromatic heterocycles. The molecule has 37 heavy (non-hydrogen) atoms. The van der Waals surface area contributed by atoms with E-state index in [2.05, 4.69) is 38.0 Å². The zero-order valence-electron chi connectivity index (χ0n) is 20.9. The summed E-state index contributed by atoms with van der Waals surface area (Å²) in [6.07, 6.45) is 5.97. The van der Waals surface area contributed by atoms with Crippen LogP contribution < -0.4 is 10.5 Å². The highest BCUT2D eigenvalue weighted by molar-refractivity contribution is 5.86. The number of pyridine rings is 1. The van der Waals surface area contributed by atoms with E-state index in [1.807, 2.05) is 43.3 Å². The first-order valence-corrected chi connectivity index (χ1v) is 12.8. The van der Waals surface area contributed by atoms with Crippen LogP contribution >= 0.6 is 0 Å². The van der Waals surface area contributed by atoms with E-state index in [1.165, 1.54) is 16.6 Å². The quantitative estimate of drug-likeness (QED) is 0.311. The molecule has 2 aromatic carbocycles. The number of nitrogens with zero attached hydrogens (tertiary/aromatic N) is 4. The van der Waals surface area contributed by atoms with Crippen molar-refractivity contribution in [1.29, 1.82) is 0 Å². The van der Waals surface area contributed by atoms with Gasteiger partial charge in [0, 0.05) is 55.5 Å². The van der Waals surface area contributed by atoms with E-state index in [-0.39, 0.29) is 5.56 Å². The van der Waals surface area contributed by atoms with E-state index in [0.29, 0.717) is 16.7 Å². The molecule has 4 heterocycles. The van der Waals surface area contributed by atoms with Crippen LogP contribution in [0.2, 0.25) is 0 Å². The summed E-state index contributed by atoms with van der Waals surface area (Å²) in [5, 5.41) is 1.78. The predicted octanol–water partition coefficient (Wildman–Crippen LogP) is 5.68. The lowest BCUT2D eigenvalue weighted by molar-refractivity contribution is 0.255. The second-order valence-corrected chi connectivity index (χ2v) is 9.73. The lowest BCUT2D eigenvalue weighted by Gasteiger charge is -2.36. The summed E-state index contributed by atoms with van der Waals surface area (Å²) in [5.41, 5.74) is 5.70. The van der Waals surface area contributed by atoms with E-state index in [4.69, 9.17) is 11.0 Å². The van der Waals surface area contributed by atoms with Gasteiger partial charge < -0.3 is 14.3 Å². The SMILES string of the molecule is [C-]#[N+]c1ccc2[nH]cc(CCCN3CCN(c4ccc(-n5ccc6oc(C)cc6c5=O)cc4)CC3)c2c1. The fourth-order valence-corrected chi connectivity index (χ4v) is 5.36. The highest BCUT2D eigenvalue weighted by Gasteiger charge is 2.17. The van der Waals surface area contributed by atoms with Crippen LogP contribution in [-0.2, 0) is 6.42 Å². The number of hydrogen-bond donors (Lipinski definition) is 1. The molecule has 0 bridgehead atoms. The summed E-state index contributed by atoms with van der Waals surface area (Å²) in [5.74, 6) is 0.743. The molecule has 1 aliphatic rings. The fourth-order valence-electron chi connectivity index (χ4n) is 5.36. The fraction of sp³-hybridized carbons (Fsp3) is 0.267. The number of aryl methyl sites for hydroxylation is 2. The van der Waals surface area contributed by atoms with Gasteiger partial charge in [0.15, 0.2) is 5.69 Å². The first-order valence-electron chi connectivity index (χ1n) is 12.8. The van der Waals surface area contributed by atoms with Crippen molar-refractivity contribution in [3.63, 3.8) is 0 Å². The van der Waals surface area contributed by atoms with Crippen molar-refractivity contribution < 1.29 is 4.42 Å². The van der Waals surface area contributed by atoms with Crippen molar-refractivity contribution in [2.45, 2.75) is 19.8 Å². The topological polar surface area (TPSA) is 61.8 Å². The van der Waals surface area contributed by atoms with E-state index in [1.54, 1.807) is 16.8 Å². The summed E-state index contributed by atoms with van der Waals surface area (Å²) >= 11 is 0. The Balaban J connectivity index is 1.04. The number of H-pyrrole nitrogens is 1. The minimum Gasteiger partial charge on any atom is -0.461 e. The van der Waals surface area contributed by atoms with Gasteiger partial charge in [0.25, 0.3) is 5.56 Å². The molecule has 0 amide bonds. The van der Waals surface area contributed by atoms with Crippen molar-refractivity contribution in [1.82, 2.24) is 14.5 Å². The third kappa shape index (κ3) is 4.52. The Hall–Kier alpha value is -4.28. The maximum atomic E-state index is 12.9. The number of aromatic nitrogens is 2. The van der Waals surface area contributed by atoms with Gasteiger partial charge in [-0.15, -0.1) is 0 Å². The monoisotopic (exact) mass is 491 g/mol. The van der Waals surface area contributed by atoms with Gasteiger partial charge in [-0.1, -0.05) is 6.07 Å². The molecular weight excluding hydrogens is 462 g/mol. The Morgan fingerprint density at radius 2 is 1.76 bits per heavy atom. The second-order valence-electron chi connectivity index (χ2n) is 9.73. The van der Waals surface area contributed by atoms with Crippen molar-refractivity contribution in [3.05, 3.63) is 100 Å². The zero-order chi connectivity index (χ0) is 25.4. The van der Waals surface area contributed by atoms with E-state index < -0.39 is 0 Å². The highest BCUT2D eigenvalue weighted by Crippen LogP contribution is 2.25. The molecular formula is C30H29N5O2. The Kier molecular flexibility index (Phi) is 6.03. The lowest BCUT2D eigenvalue weighted by atomic mass is 10.1. The molecule has 0 aliphatic carbocycles. The van der Waals surface area contributed by atoms with Gasteiger partial charge in [-0.3, -0.25) is 14.3 Å². The molecule has 0 spiro atoms. The van der Waals surface area contributed by atoms with Gasteiger partial charge in [-0.25, -0.2) is 4.85 Å². The Bertz CT molecular complexity index is 1660. The molecule has 0 atom stereocenters. The molecule has 0 radical (unpaired) electrons. The lowest BCUT2D eigenvalue weighted by Crippen LogP contribution is -2.46. The summed E-state index contributed by atoms with van der Waals surface area (Å²) in [6, 6.07) is 17.7. The number of fused-ring (bicyclic) bond motifs is 2. The normalized spacial score (nSPS) is 14.4. The zero-order valence-corrected chi connectivity index (χ0v) is 20.9. The van der Waals surface area contributed by atoms with Crippen molar-refractivity contribution >= 4 is 33.2 Å². The van der Waals surface area contributed by atoms with Crippen LogP contribution in [0.4, 0.5) is 11.4 Å². The highest BCUT2D eigenvalue weighted by atomic mass is 16.3. The van der Waals surface area contributed by atoms with Crippen LogP contribution in [0.15, 0.2) is 76.2 Å². The van der Waals surface area contributed by atoms with Crippen LogP contribution in [0, 0.1) is 13.5 Å². The number of hydrogen-bond acceptors (Lipinski definition) is 4. The second kappa shape index (κ2) is 9.64. The van der Waals surface area contributed by atoms with E-state index in [9.17, 15) is 4.79 Å². The molecule has 0 unspecified atom stereocenters. The molecule has 186 valence electrons. The molecule has 1 saturated heterocycles. The minimum atomic E-state index is -0.0600. The van der Waals surface area contributed by atoms with E-state index >= 15 is 0 Å². The first-order chi connectivity index (χ1) is 18.1. The van der Waals surface area contributed by atoms with Crippen LogP contribution in [0.25, 0.3) is 32.4 Å². The number of piperazine rings is 1. The average Bonchev–Trinajstić information content (AvgIpc) is 3.52. The third-order valence-corrected chi connectivity index (χ3v) is 7.37. The smallest absolute Gasteiger partial charge is 0.266 e. The summed E-state index contributed by atoms with van der Waals surface area (Å²) in [6.45, 7) is 14.2. The minimum absolute atomic E-state index is 0.0600. The average molecular weight is 492 g/mol. The van der Waals surface area contributed by atoms with E-state index in [0.717, 1.165) is 62.5 Å². The van der Waals surface area contributed by atoms with Gasteiger partial charge in [-0.05, 0) is 85.8 Å². The number of benzene rings is 2. The van der Waals surface area contributed by atoms with Crippen LogP contribution in [0.1, 0.15) is 17.7 Å². The van der Waals surface area contributed by atoms with Crippen molar-refractivity contribution in [2.75, 3.05) is 37.6 Å². The standard InChI is InChI=1S/C30H29N5O2/c1-21-18-27-29(37-21)11-13-35(30(27)36)25-8-6-24(7-9-25)34-16-14-33(15-17-34)12-3-4-22-20-32-28-10-5-23(31-2)19-26(22)28/h5-11,13,18-20,32H,3-4,12,14-17H2,1H3. The summed E-state index contributed by atoms with van der Waals surface area (Å²) < 4.78 is 7.26. The maximum absolute atomic E-state index is 12.9. The van der Waals surface area contributed by atoms with Gasteiger partial charge in [-0.2, -0.15) is 0 Å². The summed E-state index contributed by atoms with van der Waals surface area (Å²) in [7, 11) is 0. The summed E-state index contributed by atoms with van der Waals surface area (Å²) in [4.78, 5) is 24.7. The number of rotatable bonds is 6. The Morgan fingerprint density at radius 1 is 0.973 bits per heavy atom. The third-order valence-electron chi connectivity index (χ3n) is 7.37. The van der Waals surface area contributed by atoms with Crippen LogP contribution in [0.3, 0.4) is 0 Å². The van der Waals surface area contributed by atoms with Gasteiger partial charge in [0.1, 0.15) is 11.3 Å². The van der Waals surface area contributed by atoms with Crippen molar-refractivity contribution in [2.24, 2.45) is 0 Å². The molecule has 6 rings (SSSR count). The van der Waals surface area contributed by atoms with Gasteiger partial charge >= 0.3 is 0 Å². The number of anilines is 1. The molecule has 1 aliphatic heterocycles. The largest absolute Gasteiger partial charge is 0.461 e. The Morgan fingerprint density at radius 3 is 2.54 bits per heavy atom. The number of nitrogens with one attached hydrogen (secondary N) is 1. The predicted molar refractivity (Wildman–Crippen MR) is 148 cm³/mol. The molecule has 7 nitrogen and oxygen atoms in total. The maximum Gasteiger partial charge on any atom is 0.266 e. The van der Waals surface area contributed by atoms with Gasteiger partial charge in [0.05, 0.1) is 12.0 Å².